The van der Waals surface area contributed by atoms with Gasteiger partial charge in [-0.2, -0.15) is 13.2 Å². The molecule has 1 amide bonds. The Labute approximate surface area is 167 Å². The molecule has 2 heterocycles. The lowest BCUT2D eigenvalue weighted by Crippen LogP contribution is -3.16. The minimum Gasteiger partial charge on any atom is -0.348 e. The van der Waals surface area contributed by atoms with Crippen molar-refractivity contribution in [3.05, 3.63) is 59.8 Å². The minimum absolute atomic E-state index is 0.0586. The molecule has 5 nitrogen and oxygen atoms in total. The number of piperazine rings is 1. The van der Waals surface area contributed by atoms with Gasteiger partial charge in [-0.15, -0.1) is 0 Å². The van der Waals surface area contributed by atoms with Gasteiger partial charge in [0.1, 0.15) is 32.4 Å². The molecule has 0 unspecified atom stereocenters. The SMILES string of the molecule is O=C(NC1CC1)[C@H](c1ccccc1)[NH+]1CCN(c2ccc(C(F)(F)F)c[nH+]2)CC1. The number of aromatic nitrogens is 1. The number of hydrogen-bond acceptors (Lipinski definition) is 2. The van der Waals surface area contributed by atoms with Crippen molar-refractivity contribution in [1.29, 1.82) is 0 Å². The van der Waals surface area contributed by atoms with E-state index >= 15 is 0 Å². The maximum absolute atomic E-state index is 12.9. The Hall–Kier alpha value is -2.61. The van der Waals surface area contributed by atoms with Crippen molar-refractivity contribution in [2.75, 3.05) is 31.1 Å². The van der Waals surface area contributed by atoms with Gasteiger partial charge in [0, 0.05) is 17.7 Å². The summed E-state index contributed by atoms with van der Waals surface area (Å²) in [6, 6.07) is 12.4. The molecule has 1 aromatic carbocycles. The van der Waals surface area contributed by atoms with Crippen molar-refractivity contribution in [3.8, 4) is 0 Å². The first kappa shape index (κ1) is 19.7. The van der Waals surface area contributed by atoms with Crippen LogP contribution in [0.4, 0.5) is 19.0 Å². The van der Waals surface area contributed by atoms with Gasteiger partial charge >= 0.3 is 6.18 Å². The first-order valence-corrected chi connectivity index (χ1v) is 9.95. The zero-order valence-corrected chi connectivity index (χ0v) is 16.0. The van der Waals surface area contributed by atoms with Gasteiger partial charge < -0.3 is 10.2 Å². The van der Waals surface area contributed by atoms with E-state index in [4.69, 9.17) is 0 Å². The zero-order chi connectivity index (χ0) is 20.4. The van der Waals surface area contributed by atoms with E-state index in [0.717, 1.165) is 43.8 Å². The molecule has 1 aliphatic carbocycles. The molecule has 0 radical (unpaired) electrons. The van der Waals surface area contributed by atoms with Crippen LogP contribution in [0, 0.1) is 0 Å². The molecule has 154 valence electrons. The van der Waals surface area contributed by atoms with Crippen LogP contribution in [0.2, 0.25) is 0 Å². The maximum atomic E-state index is 12.9. The standard InChI is InChI=1S/C21H23F3N4O/c22-21(23,24)16-6-9-18(25-14-16)27-10-12-28(13-11-27)19(15-4-2-1-3-5-15)20(29)26-17-7-8-17/h1-6,9,14,17,19H,7-8,10-13H2,(H,26,29)/p+2/t19-/m0/s1. The summed E-state index contributed by atoms with van der Waals surface area (Å²) >= 11 is 0. The minimum atomic E-state index is -4.35. The quantitative estimate of drug-likeness (QED) is 0.785. The molecule has 1 aliphatic heterocycles. The maximum Gasteiger partial charge on any atom is 0.419 e. The molecule has 4 rings (SSSR count). The van der Waals surface area contributed by atoms with Gasteiger partial charge in [0.05, 0.1) is 5.56 Å². The van der Waals surface area contributed by atoms with Gasteiger partial charge in [-0.1, -0.05) is 30.3 Å². The van der Waals surface area contributed by atoms with Gasteiger partial charge in [0.2, 0.25) is 0 Å². The molecule has 8 heteroatoms. The van der Waals surface area contributed by atoms with Crippen LogP contribution in [0.25, 0.3) is 0 Å². The van der Waals surface area contributed by atoms with Crippen LogP contribution in [0.15, 0.2) is 48.7 Å². The number of nitrogens with zero attached hydrogens (tertiary/aromatic N) is 1. The number of rotatable bonds is 5. The fourth-order valence-electron chi connectivity index (χ4n) is 3.84. The third-order valence-electron chi connectivity index (χ3n) is 5.60. The molecule has 2 aromatic rings. The summed E-state index contributed by atoms with van der Waals surface area (Å²) in [4.78, 5) is 18.9. The number of hydrogen-bond donors (Lipinski definition) is 2. The van der Waals surface area contributed by atoms with Gasteiger partial charge in [-0.05, 0) is 18.9 Å². The molecule has 1 aromatic heterocycles. The van der Waals surface area contributed by atoms with E-state index in [1.54, 1.807) is 0 Å². The number of alkyl halides is 3. The van der Waals surface area contributed by atoms with Crippen LogP contribution in [0.3, 0.4) is 0 Å². The number of carbonyl (C=O) groups excluding carboxylic acids is 1. The van der Waals surface area contributed by atoms with Crippen molar-refractivity contribution in [3.63, 3.8) is 0 Å². The van der Waals surface area contributed by atoms with E-state index in [0.29, 0.717) is 24.9 Å². The number of H-pyrrole nitrogens is 1. The van der Waals surface area contributed by atoms with E-state index in [2.05, 4.69) is 10.3 Å². The zero-order valence-electron chi connectivity index (χ0n) is 16.0. The van der Waals surface area contributed by atoms with Crippen LogP contribution in [0.1, 0.15) is 30.0 Å². The summed E-state index contributed by atoms with van der Waals surface area (Å²) in [5.41, 5.74) is 0.307. The third-order valence-corrected chi connectivity index (χ3v) is 5.60. The van der Waals surface area contributed by atoms with Crippen molar-refractivity contribution in [2.24, 2.45) is 0 Å². The highest BCUT2D eigenvalue weighted by atomic mass is 19.4. The lowest BCUT2D eigenvalue weighted by molar-refractivity contribution is -0.922. The molecule has 0 bridgehead atoms. The molecule has 2 aliphatic rings. The highest BCUT2D eigenvalue weighted by Gasteiger charge is 2.39. The Balaban J connectivity index is 1.44. The van der Waals surface area contributed by atoms with Gasteiger partial charge in [-0.3, -0.25) is 9.69 Å². The number of quaternary nitrogens is 1. The lowest BCUT2D eigenvalue weighted by Gasteiger charge is -2.33. The van der Waals surface area contributed by atoms with Crippen molar-refractivity contribution in [2.45, 2.75) is 31.1 Å². The van der Waals surface area contributed by atoms with Gasteiger partial charge in [0.25, 0.3) is 11.7 Å². The van der Waals surface area contributed by atoms with Crippen LogP contribution in [0.5, 0.6) is 0 Å². The lowest BCUT2D eigenvalue weighted by atomic mass is 10.0. The number of pyridine rings is 1. The van der Waals surface area contributed by atoms with Crippen molar-refractivity contribution >= 4 is 11.7 Å². The Bertz CT molecular complexity index is 829. The molecule has 2 fully saturated rings. The Morgan fingerprint density at radius 1 is 1.10 bits per heavy atom. The number of benzene rings is 1. The Morgan fingerprint density at radius 2 is 1.79 bits per heavy atom. The summed E-state index contributed by atoms with van der Waals surface area (Å²) in [5, 5.41) is 3.13. The average molecular weight is 406 g/mol. The highest BCUT2D eigenvalue weighted by Crippen LogP contribution is 2.28. The summed E-state index contributed by atoms with van der Waals surface area (Å²) < 4.78 is 38.3. The van der Waals surface area contributed by atoms with E-state index < -0.39 is 11.7 Å². The molecular formula is C21H25F3N4O+2. The molecule has 1 atom stereocenters. The Kier molecular flexibility index (Phi) is 5.45. The fourth-order valence-corrected chi connectivity index (χ4v) is 3.84. The Morgan fingerprint density at radius 3 is 2.34 bits per heavy atom. The van der Waals surface area contributed by atoms with Crippen LogP contribution < -0.4 is 20.1 Å². The molecule has 1 saturated heterocycles. The molecule has 1 saturated carbocycles. The van der Waals surface area contributed by atoms with Crippen molar-refractivity contribution < 1.29 is 27.8 Å². The second kappa shape index (κ2) is 8.02. The second-order valence-corrected chi connectivity index (χ2v) is 7.73. The van der Waals surface area contributed by atoms with Gasteiger partial charge in [0.15, 0.2) is 6.04 Å². The molecule has 29 heavy (non-hydrogen) atoms. The number of amides is 1. The molecule has 0 spiro atoms. The predicted octanol–water partition coefficient (Wildman–Crippen LogP) is 1.24. The normalized spacial score (nSPS) is 19.1. The van der Waals surface area contributed by atoms with E-state index in [-0.39, 0.29) is 11.9 Å². The van der Waals surface area contributed by atoms with E-state index in [1.807, 2.05) is 35.2 Å². The second-order valence-electron chi connectivity index (χ2n) is 7.73. The van der Waals surface area contributed by atoms with Crippen LogP contribution >= 0.6 is 0 Å². The molecular weight excluding hydrogens is 381 g/mol. The number of anilines is 1. The number of nitrogens with one attached hydrogen (secondary N) is 3. The number of aromatic amines is 1. The summed E-state index contributed by atoms with van der Waals surface area (Å²) in [5.74, 6) is 0.721. The topological polar surface area (TPSA) is 50.9 Å². The van der Waals surface area contributed by atoms with E-state index in [1.165, 1.54) is 11.0 Å². The highest BCUT2D eigenvalue weighted by molar-refractivity contribution is 5.82. The average Bonchev–Trinajstić information content (AvgIpc) is 3.53. The van der Waals surface area contributed by atoms with Gasteiger partial charge in [-0.25, -0.2) is 4.98 Å². The van der Waals surface area contributed by atoms with Crippen LogP contribution in [-0.4, -0.2) is 38.1 Å². The number of halogens is 3. The van der Waals surface area contributed by atoms with Crippen molar-refractivity contribution in [1.82, 2.24) is 5.32 Å². The third kappa shape index (κ3) is 4.70. The smallest absolute Gasteiger partial charge is 0.348 e. The van der Waals surface area contributed by atoms with E-state index in [9.17, 15) is 18.0 Å². The summed E-state index contributed by atoms with van der Waals surface area (Å²) in [7, 11) is 0. The first-order valence-electron chi connectivity index (χ1n) is 9.95. The molecule has 3 N–H and O–H groups in total. The summed E-state index contributed by atoms with van der Waals surface area (Å²) in [6.45, 7) is 2.79. The largest absolute Gasteiger partial charge is 0.419 e. The predicted molar refractivity (Wildman–Crippen MR) is 101 cm³/mol. The van der Waals surface area contributed by atoms with Crippen LogP contribution in [-0.2, 0) is 11.0 Å². The number of carbonyl (C=O) groups is 1. The summed E-state index contributed by atoms with van der Waals surface area (Å²) in [6.07, 6.45) is -1.26. The monoisotopic (exact) mass is 406 g/mol. The first-order chi connectivity index (χ1) is 13.9. The fraction of sp³-hybridized carbons (Fsp3) is 0.429.